The minimum absolute atomic E-state index is 0.0294. The quantitative estimate of drug-likeness (QED) is 0.757. The third kappa shape index (κ3) is 4.04. The van der Waals surface area contributed by atoms with Gasteiger partial charge in [-0.25, -0.2) is 4.52 Å². The van der Waals surface area contributed by atoms with Gasteiger partial charge in [0.05, 0.1) is 11.2 Å². The predicted molar refractivity (Wildman–Crippen MR) is 107 cm³/mol. The monoisotopic (exact) mass is 377 g/mol. The SMILES string of the molecule is CC(=O)Nc1ccc(C(=O)N2CCN(Cc3cc4ccccn4n3)CC2)cc1. The number of piperazine rings is 1. The minimum atomic E-state index is -0.124. The Bertz CT molecular complexity index is 954. The topological polar surface area (TPSA) is 70.0 Å². The molecule has 2 amide bonds. The van der Waals surface area contributed by atoms with Gasteiger partial charge < -0.3 is 10.2 Å². The summed E-state index contributed by atoms with van der Waals surface area (Å²) in [6.45, 7) is 5.28. The van der Waals surface area contributed by atoms with E-state index in [1.807, 2.05) is 33.8 Å². The molecule has 0 saturated carbocycles. The third-order valence-corrected chi connectivity index (χ3v) is 4.92. The van der Waals surface area contributed by atoms with E-state index in [0.29, 0.717) is 24.3 Å². The van der Waals surface area contributed by atoms with Gasteiger partial charge in [-0.3, -0.25) is 14.5 Å². The van der Waals surface area contributed by atoms with Crippen LogP contribution in [0.3, 0.4) is 0 Å². The minimum Gasteiger partial charge on any atom is -0.336 e. The first kappa shape index (κ1) is 18.2. The molecule has 1 fully saturated rings. The van der Waals surface area contributed by atoms with Crippen molar-refractivity contribution in [2.45, 2.75) is 13.5 Å². The van der Waals surface area contributed by atoms with E-state index in [1.165, 1.54) is 6.92 Å². The van der Waals surface area contributed by atoms with Crippen LogP contribution >= 0.6 is 0 Å². The fourth-order valence-corrected chi connectivity index (χ4v) is 3.49. The summed E-state index contributed by atoms with van der Waals surface area (Å²) in [5.74, 6) is -0.0949. The van der Waals surface area contributed by atoms with Gasteiger partial charge in [-0.1, -0.05) is 6.07 Å². The molecule has 7 heteroatoms. The number of benzene rings is 1. The molecule has 28 heavy (non-hydrogen) atoms. The number of hydrogen-bond acceptors (Lipinski definition) is 4. The number of amides is 2. The molecule has 1 aliphatic rings. The van der Waals surface area contributed by atoms with Gasteiger partial charge in [0.1, 0.15) is 0 Å². The van der Waals surface area contributed by atoms with Crippen LogP contribution in [0, 0.1) is 0 Å². The van der Waals surface area contributed by atoms with Gasteiger partial charge >= 0.3 is 0 Å². The van der Waals surface area contributed by atoms with Gasteiger partial charge in [-0.2, -0.15) is 5.10 Å². The van der Waals surface area contributed by atoms with Crippen LogP contribution in [0.2, 0.25) is 0 Å². The second-order valence-corrected chi connectivity index (χ2v) is 7.03. The van der Waals surface area contributed by atoms with Crippen LogP contribution in [0.25, 0.3) is 5.52 Å². The number of fused-ring (bicyclic) bond motifs is 1. The summed E-state index contributed by atoms with van der Waals surface area (Å²) in [4.78, 5) is 28.0. The second-order valence-electron chi connectivity index (χ2n) is 7.03. The van der Waals surface area contributed by atoms with Crippen molar-refractivity contribution >= 4 is 23.0 Å². The first-order valence-electron chi connectivity index (χ1n) is 9.41. The number of nitrogens with one attached hydrogen (secondary N) is 1. The van der Waals surface area contributed by atoms with Crippen molar-refractivity contribution in [2.75, 3.05) is 31.5 Å². The van der Waals surface area contributed by atoms with Crippen LogP contribution in [-0.4, -0.2) is 57.4 Å². The molecule has 7 nitrogen and oxygen atoms in total. The lowest BCUT2D eigenvalue weighted by atomic mass is 10.1. The number of carbonyl (C=O) groups is 2. The third-order valence-electron chi connectivity index (χ3n) is 4.92. The highest BCUT2D eigenvalue weighted by Crippen LogP contribution is 2.15. The van der Waals surface area contributed by atoms with E-state index in [9.17, 15) is 9.59 Å². The maximum Gasteiger partial charge on any atom is 0.253 e. The molecule has 0 radical (unpaired) electrons. The van der Waals surface area contributed by atoms with E-state index in [1.54, 1.807) is 24.3 Å². The Morgan fingerprint density at radius 1 is 1.04 bits per heavy atom. The summed E-state index contributed by atoms with van der Waals surface area (Å²) < 4.78 is 1.89. The number of pyridine rings is 1. The van der Waals surface area contributed by atoms with Crippen molar-refractivity contribution in [3.8, 4) is 0 Å². The predicted octanol–water partition coefficient (Wildman–Crippen LogP) is 2.25. The molecule has 2 aromatic heterocycles. The molecule has 1 aromatic carbocycles. The maximum absolute atomic E-state index is 12.7. The highest BCUT2D eigenvalue weighted by Gasteiger charge is 2.22. The Balaban J connectivity index is 1.33. The number of rotatable bonds is 4. The Morgan fingerprint density at radius 2 is 1.79 bits per heavy atom. The van der Waals surface area contributed by atoms with Gasteiger partial charge in [0.2, 0.25) is 5.91 Å². The number of aromatic nitrogens is 2. The van der Waals surface area contributed by atoms with Crippen LogP contribution in [-0.2, 0) is 11.3 Å². The molecule has 0 unspecified atom stereocenters. The maximum atomic E-state index is 12.7. The molecular formula is C21H23N5O2. The van der Waals surface area contributed by atoms with Crippen molar-refractivity contribution in [3.63, 3.8) is 0 Å². The fraction of sp³-hybridized carbons (Fsp3) is 0.286. The van der Waals surface area contributed by atoms with Gasteiger partial charge in [0, 0.05) is 57.1 Å². The van der Waals surface area contributed by atoms with Gasteiger partial charge in [0.15, 0.2) is 0 Å². The average Bonchev–Trinajstić information content (AvgIpc) is 3.10. The lowest BCUT2D eigenvalue weighted by Gasteiger charge is -2.34. The molecule has 144 valence electrons. The zero-order valence-electron chi connectivity index (χ0n) is 15.8. The molecule has 0 atom stereocenters. The standard InChI is InChI=1S/C21H23N5O2/c1-16(27)22-18-7-5-17(6-8-18)21(28)25-12-10-24(11-13-25)15-19-14-20-4-2-3-9-26(20)23-19/h2-9,14H,10-13,15H2,1H3,(H,22,27). The molecule has 4 rings (SSSR count). The van der Waals surface area contributed by atoms with E-state index >= 15 is 0 Å². The Morgan fingerprint density at radius 3 is 2.46 bits per heavy atom. The Kier molecular flexibility index (Phi) is 5.08. The number of anilines is 1. The number of nitrogens with zero attached hydrogens (tertiary/aromatic N) is 4. The lowest BCUT2D eigenvalue weighted by Crippen LogP contribution is -2.48. The summed E-state index contributed by atoms with van der Waals surface area (Å²) in [5.41, 5.74) is 3.47. The van der Waals surface area contributed by atoms with E-state index in [2.05, 4.69) is 21.4 Å². The van der Waals surface area contributed by atoms with Crippen molar-refractivity contribution in [1.29, 1.82) is 0 Å². The highest BCUT2D eigenvalue weighted by molar-refractivity contribution is 5.95. The zero-order valence-corrected chi connectivity index (χ0v) is 15.8. The van der Waals surface area contributed by atoms with Crippen molar-refractivity contribution in [2.24, 2.45) is 0 Å². The van der Waals surface area contributed by atoms with Crippen LogP contribution < -0.4 is 5.32 Å². The highest BCUT2D eigenvalue weighted by atomic mass is 16.2. The van der Waals surface area contributed by atoms with E-state index in [0.717, 1.165) is 30.8 Å². The molecule has 1 N–H and O–H groups in total. The molecule has 3 aromatic rings. The van der Waals surface area contributed by atoms with E-state index < -0.39 is 0 Å². The van der Waals surface area contributed by atoms with Crippen LogP contribution in [0.4, 0.5) is 5.69 Å². The first-order chi connectivity index (χ1) is 13.6. The number of carbonyl (C=O) groups excluding carboxylic acids is 2. The molecular weight excluding hydrogens is 354 g/mol. The largest absolute Gasteiger partial charge is 0.336 e. The van der Waals surface area contributed by atoms with Crippen molar-refractivity contribution in [3.05, 3.63) is 66.0 Å². The molecule has 1 aliphatic heterocycles. The summed E-state index contributed by atoms with van der Waals surface area (Å²) in [6, 6.07) is 15.2. The van der Waals surface area contributed by atoms with Crippen molar-refractivity contribution in [1.82, 2.24) is 19.4 Å². The van der Waals surface area contributed by atoms with E-state index in [-0.39, 0.29) is 11.8 Å². The van der Waals surface area contributed by atoms with Gasteiger partial charge in [0.25, 0.3) is 5.91 Å². The molecule has 0 bridgehead atoms. The summed E-state index contributed by atoms with van der Waals surface area (Å²) in [7, 11) is 0. The molecule has 3 heterocycles. The summed E-state index contributed by atoms with van der Waals surface area (Å²) >= 11 is 0. The van der Waals surface area contributed by atoms with Crippen LogP contribution in [0.5, 0.6) is 0 Å². The van der Waals surface area contributed by atoms with Gasteiger partial charge in [-0.15, -0.1) is 0 Å². The summed E-state index contributed by atoms with van der Waals surface area (Å²) in [6.07, 6.45) is 1.95. The zero-order chi connectivity index (χ0) is 19.5. The Hall–Kier alpha value is -3.19. The molecule has 0 spiro atoms. The second kappa shape index (κ2) is 7.82. The summed E-state index contributed by atoms with van der Waals surface area (Å²) in [5, 5.41) is 7.31. The molecule has 0 aliphatic carbocycles. The fourth-order valence-electron chi connectivity index (χ4n) is 3.49. The smallest absolute Gasteiger partial charge is 0.253 e. The average molecular weight is 377 g/mol. The van der Waals surface area contributed by atoms with E-state index in [4.69, 9.17) is 0 Å². The number of hydrogen-bond donors (Lipinski definition) is 1. The van der Waals surface area contributed by atoms with Crippen LogP contribution in [0.15, 0.2) is 54.7 Å². The van der Waals surface area contributed by atoms with Crippen molar-refractivity contribution < 1.29 is 9.59 Å². The van der Waals surface area contributed by atoms with Crippen LogP contribution in [0.1, 0.15) is 23.0 Å². The Labute approximate surface area is 163 Å². The first-order valence-corrected chi connectivity index (χ1v) is 9.41. The molecule has 1 saturated heterocycles. The normalized spacial score (nSPS) is 15.0. The lowest BCUT2D eigenvalue weighted by molar-refractivity contribution is -0.114. The van der Waals surface area contributed by atoms with Gasteiger partial charge in [-0.05, 0) is 42.5 Å².